The van der Waals surface area contributed by atoms with E-state index in [-0.39, 0.29) is 0 Å². The minimum atomic E-state index is 0.534. The lowest BCUT2D eigenvalue weighted by Gasteiger charge is -2.18. The number of aryl methyl sites for hydroxylation is 2. The van der Waals surface area contributed by atoms with E-state index in [9.17, 15) is 0 Å². The second kappa shape index (κ2) is 6.44. The van der Waals surface area contributed by atoms with Crippen LogP contribution < -0.4 is 9.47 Å². The van der Waals surface area contributed by atoms with Gasteiger partial charge >= 0.3 is 0 Å². The number of thiophene rings is 1. The van der Waals surface area contributed by atoms with Gasteiger partial charge in [-0.1, -0.05) is 6.92 Å². The number of ether oxygens (including phenoxy) is 2. The largest absolute Gasteiger partial charge is 0.493 e. The average Bonchev–Trinajstić information content (AvgIpc) is 3.30. The summed E-state index contributed by atoms with van der Waals surface area (Å²) in [6.45, 7) is 4.30. The Labute approximate surface area is 167 Å². The summed E-state index contributed by atoms with van der Waals surface area (Å²) >= 11 is 1.82. The van der Waals surface area contributed by atoms with Gasteiger partial charge in [-0.25, -0.2) is 9.97 Å². The van der Waals surface area contributed by atoms with Crippen LogP contribution in [0, 0.1) is 6.92 Å². The maximum atomic E-state index is 5.44. The Hall–Kier alpha value is -2.67. The van der Waals surface area contributed by atoms with Crippen molar-refractivity contribution in [1.29, 1.82) is 0 Å². The van der Waals surface area contributed by atoms with Gasteiger partial charge in [0.15, 0.2) is 23.0 Å². The molecule has 6 nitrogen and oxygen atoms in total. The molecular weight excluding hydrogens is 372 g/mol. The highest BCUT2D eigenvalue weighted by atomic mass is 32.1. The number of rotatable bonds is 3. The maximum absolute atomic E-state index is 5.44. The first-order valence-electron chi connectivity index (χ1n) is 9.51. The highest BCUT2D eigenvalue weighted by molar-refractivity contribution is 7.19. The summed E-state index contributed by atoms with van der Waals surface area (Å²) in [6.07, 6.45) is 3.61. The van der Waals surface area contributed by atoms with Crippen LogP contribution in [0.15, 0.2) is 18.2 Å². The van der Waals surface area contributed by atoms with E-state index in [4.69, 9.17) is 24.5 Å². The Morgan fingerprint density at radius 1 is 1.14 bits per heavy atom. The summed E-state index contributed by atoms with van der Waals surface area (Å²) in [5, 5.41) is 5.95. The monoisotopic (exact) mass is 394 g/mol. The van der Waals surface area contributed by atoms with Gasteiger partial charge in [-0.15, -0.1) is 16.4 Å². The van der Waals surface area contributed by atoms with E-state index in [0.29, 0.717) is 23.2 Å². The van der Waals surface area contributed by atoms with Gasteiger partial charge in [0.2, 0.25) is 0 Å². The van der Waals surface area contributed by atoms with Gasteiger partial charge in [0.25, 0.3) is 0 Å². The van der Waals surface area contributed by atoms with Crippen molar-refractivity contribution in [3.63, 3.8) is 0 Å². The van der Waals surface area contributed by atoms with Crippen molar-refractivity contribution >= 4 is 27.2 Å². The fourth-order valence-corrected chi connectivity index (χ4v) is 5.56. The molecular formula is C21H22N4O2S. The van der Waals surface area contributed by atoms with Crippen LogP contribution in [0.1, 0.15) is 41.9 Å². The molecule has 0 saturated carbocycles. The van der Waals surface area contributed by atoms with Gasteiger partial charge in [0.05, 0.1) is 19.6 Å². The van der Waals surface area contributed by atoms with Gasteiger partial charge in [0.1, 0.15) is 10.7 Å². The molecule has 0 spiro atoms. The average molecular weight is 395 g/mol. The predicted molar refractivity (Wildman–Crippen MR) is 111 cm³/mol. The summed E-state index contributed by atoms with van der Waals surface area (Å²) < 4.78 is 12.7. The van der Waals surface area contributed by atoms with Crippen molar-refractivity contribution in [3.05, 3.63) is 34.5 Å². The molecule has 0 radical (unpaired) electrons. The third kappa shape index (κ3) is 2.49. The number of methoxy groups -OCH3 is 2. The first-order valence-corrected chi connectivity index (χ1v) is 10.3. The zero-order chi connectivity index (χ0) is 19.4. The predicted octanol–water partition coefficient (Wildman–Crippen LogP) is 4.77. The molecule has 3 aromatic heterocycles. The molecule has 1 aliphatic carbocycles. The number of benzene rings is 1. The standard InChI is InChI=1S/C21H22N4O2S/c1-11-6-5-7-16-17(11)18-20-23-19(24-25(20)12(2)22-21(18)28-16)13-8-9-14(26-3)15(10-13)27-4/h8-11H,5-7H2,1-4H3/t11-/m0/s1. The van der Waals surface area contributed by atoms with E-state index < -0.39 is 0 Å². The van der Waals surface area contributed by atoms with Gasteiger partial charge in [-0.05, 0) is 55.9 Å². The Balaban J connectivity index is 1.76. The van der Waals surface area contributed by atoms with E-state index in [1.807, 2.05) is 41.0 Å². The van der Waals surface area contributed by atoms with Crippen LogP contribution in [0.2, 0.25) is 0 Å². The highest BCUT2D eigenvalue weighted by Gasteiger charge is 2.26. The molecule has 0 unspecified atom stereocenters. The lowest BCUT2D eigenvalue weighted by atomic mass is 9.87. The van der Waals surface area contributed by atoms with Gasteiger partial charge in [-0.3, -0.25) is 0 Å². The van der Waals surface area contributed by atoms with E-state index in [0.717, 1.165) is 28.3 Å². The van der Waals surface area contributed by atoms with Crippen molar-refractivity contribution in [2.24, 2.45) is 0 Å². The van der Waals surface area contributed by atoms with E-state index in [2.05, 4.69) is 6.92 Å². The Morgan fingerprint density at radius 2 is 1.96 bits per heavy atom. The quantitative estimate of drug-likeness (QED) is 0.501. The Morgan fingerprint density at radius 3 is 2.75 bits per heavy atom. The lowest BCUT2D eigenvalue weighted by Crippen LogP contribution is -2.05. The van der Waals surface area contributed by atoms with Crippen LogP contribution in [0.25, 0.3) is 27.3 Å². The van der Waals surface area contributed by atoms with Crippen molar-refractivity contribution in [3.8, 4) is 22.9 Å². The normalized spacial score (nSPS) is 16.5. The van der Waals surface area contributed by atoms with Crippen LogP contribution >= 0.6 is 11.3 Å². The maximum Gasteiger partial charge on any atom is 0.182 e. The fourth-order valence-electron chi connectivity index (χ4n) is 4.18. The first-order chi connectivity index (χ1) is 13.6. The van der Waals surface area contributed by atoms with Crippen molar-refractivity contribution in [1.82, 2.24) is 19.6 Å². The summed E-state index contributed by atoms with van der Waals surface area (Å²) in [6, 6.07) is 5.76. The first kappa shape index (κ1) is 17.4. The Bertz CT molecular complexity index is 1210. The summed E-state index contributed by atoms with van der Waals surface area (Å²) in [5.41, 5.74) is 3.22. The van der Waals surface area contributed by atoms with Crippen LogP contribution in [0.4, 0.5) is 0 Å². The number of aromatic nitrogens is 4. The molecule has 0 amide bonds. The van der Waals surface area contributed by atoms with Crippen molar-refractivity contribution in [2.75, 3.05) is 14.2 Å². The second-order valence-corrected chi connectivity index (χ2v) is 8.40. The van der Waals surface area contributed by atoms with Crippen molar-refractivity contribution in [2.45, 2.75) is 39.0 Å². The van der Waals surface area contributed by atoms with Crippen molar-refractivity contribution < 1.29 is 9.47 Å². The summed E-state index contributed by atoms with van der Waals surface area (Å²) in [4.78, 5) is 12.3. The molecule has 3 heterocycles. The number of fused-ring (bicyclic) bond motifs is 5. The van der Waals surface area contributed by atoms with Crippen LogP contribution in [-0.4, -0.2) is 33.8 Å². The molecule has 0 N–H and O–H groups in total. The van der Waals surface area contributed by atoms with Crippen LogP contribution in [0.3, 0.4) is 0 Å². The molecule has 0 aliphatic heterocycles. The highest BCUT2D eigenvalue weighted by Crippen LogP contribution is 2.43. The summed E-state index contributed by atoms with van der Waals surface area (Å²) in [7, 11) is 3.27. The molecule has 0 saturated heterocycles. The third-order valence-electron chi connectivity index (χ3n) is 5.58. The fraction of sp³-hybridized carbons (Fsp3) is 0.381. The molecule has 1 aromatic carbocycles. The topological polar surface area (TPSA) is 61.5 Å². The molecule has 5 rings (SSSR count). The molecule has 1 aliphatic rings. The summed E-state index contributed by atoms with van der Waals surface area (Å²) in [5.74, 6) is 3.41. The minimum Gasteiger partial charge on any atom is -0.493 e. The van der Waals surface area contributed by atoms with E-state index in [1.165, 1.54) is 28.7 Å². The SMILES string of the molecule is COc1ccc(-c2nc3c4c5c(sc4nc(C)n3n2)CCC[C@@H]5C)cc1OC. The molecule has 0 bridgehead atoms. The van der Waals surface area contributed by atoms with Gasteiger partial charge in [0, 0.05) is 10.4 Å². The second-order valence-electron chi connectivity index (χ2n) is 7.31. The Kier molecular flexibility index (Phi) is 4.01. The molecule has 7 heteroatoms. The number of hydrogen-bond acceptors (Lipinski definition) is 6. The van der Waals surface area contributed by atoms with Crippen LogP contribution in [0.5, 0.6) is 11.5 Å². The van der Waals surface area contributed by atoms with Crippen LogP contribution in [-0.2, 0) is 6.42 Å². The molecule has 1 atom stereocenters. The van der Waals surface area contributed by atoms with E-state index in [1.54, 1.807) is 14.2 Å². The molecule has 0 fully saturated rings. The third-order valence-corrected chi connectivity index (χ3v) is 6.74. The van der Waals surface area contributed by atoms with E-state index >= 15 is 0 Å². The molecule has 4 aromatic rings. The van der Waals surface area contributed by atoms with Gasteiger partial charge < -0.3 is 9.47 Å². The van der Waals surface area contributed by atoms with Gasteiger partial charge in [-0.2, -0.15) is 4.52 Å². The zero-order valence-corrected chi connectivity index (χ0v) is 17.3. The molecule has 28 heavy (non-hydrogen) atoms. The number of nitrogens with zero attached hydrogens (tertiary/aromatic N) is 4. The lowest BCUT2D eigenvalue weighted by molar-refractivity contribution is 0.355. The number of hydrogen-bond donors (Lipinski definition) is 0. The minimum absolute atomic E-state index is 0.534. The molecule has 144 valence electrons. The zero-order valence-electron chi connectivity index (χ0n) is 16.4. The smallest absolute Gasteiger partial charge is 0.182 e.